The van der Waals surface area contributed by atoms with Crippen LogP contribution < -0.4 is 15.2 Å². The van der Waals surface area contributed by atoms with Gasteiger partial charge in [0.2, 0.25) is 5.91 Å². The Morgan fingerprint density at radius 3 is 2.23 bits per heavy atom. The van der Waals surface area contributed by atoms with Crippen LogP contribution in [0.5, 0.6) is 5.75 Å². The van der Waals surface area contributed by atoms with Crippen LogP contribution in [0.3, 0.4) is 0 Å². The second-order valence-electron chi connectivity index (χ2n) is 6.41. The number of hydrazine groups is 1. The number of para-hydroxylation sites is 1. The first kappa shape index (κ1) is 23.5. The molecule has 0 aromatic heterocycles. The number of ether oxygens (including phenoxy) is 2. The highest BCUT2D eigenvalue weighted by atomic mass is 35.5. The number of carbonyl (C=O) groups is 3. The summed E-state index contributed by atoms with van der Waals surface area (Å²) < 4.78 is 9.61. The predicted octanol–water partition coefficient (Wildman–Crippen LogP) is 4.27. The minimum absolute atomic E-state index is 0.0360. The van der Waals surface area contributed by atoms with Gasteiger partial charge in [-0.05, 0) is 31.2 Å². The molecular weight excluding hydrogens is 431 g/mol. The summed E-state index contributed by atoms with van der Waals surface area (Å²) in [5.41, 5.74) is 4.06. The van der Waals surface area contributed by atoms with Crippen LogP contribution in [0.25, 0.3) is 0 Å². The monoisotopic (exact) mass is 452 g/mol. The van der Waals surface area contributed by atoms with E-state index in [0.29, 0.717) is 0 Å². The number of amides is 1. The molecule has 0 saturated carbocycles. The molecule has 1 N–H and O–H groups in total. The van der Waals surface area contributed by atoms with Crippen LogP contribution in [0.4, 0.5) is 5.69 Å². The zero-order valence-corrected chi connectivity index (χ0v) is 18.3. The highest BCUT2D eigenvalue weighted by Gasteiger charge is 2.26. The number of anilines is 1. The quantitative estimate of drug-likeness (QED) is 0.550. The zero-order valence-electron chi connectivity index (χ0n) is 16.8. The Bertz CT molecular complexity index is 898. The molecule has 1 aliphatic rings. The number of hydrogen-bond donors (Lipinski definition) is 1. The highest BCUT2D eigenvalue weighted by Crippen LogP contribution is 2.34. The second kappa shape index (κ2) is 10.8. The SMILES string of the molecule is CC1CN(c2ccccc2)NC1=O.CCOC(=O)c1cc(Cl)c(OC(C)=O)c(Cl)c1. The van der Waals surface area contributed by atoms with Gasteiger partial charge < -0.3 is 9.47 Å². The number of carbonyl (C=O) groups excluding carboxylic acids is 3. The van der Waals surface area contributed by atoms with Crippen molar-refractivity contribution in [2.75, 3.05) is 18.2 Å². The number of rotatable bonds is 4. The maximum Gasteiger partial charge on any atom is 0.338 e. The van der Waals surface area contributed by atoms with Gasteiger partial charge in [0.05, 0.1) is 40.4 Å². The van der Waals surface area contributed by atoms with Gasteiger partial charge in [0, 0.05) is 6.92 Å². The van der Waals surface area contributed by atoms with Gasteiger partial charge in [0.15, 0.2) is 5.75 Å². The third-order valence-corrected chi connectivity index (χ3v) is 4.53. The van der Waals surface area contributed by atoms with Crippen molar-refractivity contribution in [1.82, 2.24) is 5.43 Å². The Balaban J connectivity index is 0.000000220. The van der Waals surface area contributed by atoms with Gasteiger partial charge in [-0.25, -0.2) is 4.79 Å². The molecule has 0 aliphatic carbocycles. The molecule has 1 aliphatic heterocycles. The number of nitrogens with one attached hydrogen (secondary N) is 1. The lowest BCUT2D eigenvalue weighted by Crippen LogP contribution is -2.32. The molecule has 0 spiro atoms. The molecule has 0 bridgehead atoms. The average molecular weight is 453 g/mol. The molecular formula is C21H22Cl2N2O5. The molecule has 1 fully saturated rings. The number of benzene rings is 2. The van der Waals surface area contributed by atoms with E-state index in [4.69, 9.17) is 32.7 Å². The van der Waals surface area contributed by atoms with Crippen LogP contribution in [-0.2, 0) is 14.3 Å². The van der Waals surface area contributed by atoms with Crippen LogP contribution in [-0.4, -0.2) is 31.0 Å². The highest BCUT2D eigenvalue weighted by molar-refractivity contribution is 6.37. The number of nitrogens with zero attached hydrogens (tertiary/aromatic N) is 1. The lowest BCUT2D eigenvalue weighted by atomic mass is 10.2. The first-order valence-electron chi connectivity index (χ1n) is 9.20. The van der Waals surface area contributed by atoms with E-state index >= 15 is 0 Å². The smallest absolute Gasteiger partial charge is 0.338 e. The lowest BCUT2D eigenvalue weighted by Gasteiger charge is -2.16. The minimum Gasteiger partial charge on any atom is -0.462 e. The Labute approximate surface area is 184 Å². The number of hydrogen-bond acceptors (Lipinski definition) is 6. The van der Waals surface area contributed by atoms with Crippen LogP contribution in [0.1, 0.15) is 31.1 Å². The van der Waals surface area contributed by atoms with E-state index in [1.165, 1.54) is 19.1 Å². The van der Waals surface area contributed by atoms with E-state index in [2.05, 4.69) is 5.43 Å². The Hall–Kier alpha value is -2.77. The zero-order chi connectivity index (χ0) is 22.3. The fourth-order valence-corrected chi connectivity index (χ4v) is 3.12. The third-order valence-electron chi connectivity index (χ3n) is 3.97. The topological polar surface area (TPSA) is 84.9 Å². The second-order valence-corrected chi connectivity index (χ2v) is 7.22. The fourth-order valence-electron chi connectivity index (χ4n) is 2.56. The summed E-state index contributed by atoms with van der Waals surface area (Å²) in [5.74, 6) is -0.860. The van der Waals surface area contributed by atoms with Crippen LogP contribution in [0.2, 0.25) is 10.0 Å². The van der Waals surface area contributed by atoms with E-state index < -0.39 is 11.9 Å². The van der Waals surface area contributed by atoms with Crippen LogP contribution >= 0.6 is 23.2 Å². The van der Waals surface area contributed by atoms with Crippen molar-refractivity contribution in [2.45, 2.75) is 20.8 Å². The first-order chi connectivity index (χ1) is 14.2. The number of esters is 2. The third kappa shape index (κ3) is 6.37. The minimum atomic E-state index is -0.544. The number of halogens is 2. The van der Waals surface area contributed by atoms with E-state index in [0.717, 1.165) is 12.2 Å². The Morgan fingerprint density at radius 1 is 1.17 bits per heavy atom. The van der Waals surface area contributed by atoms with Crippen molar-refractivity contribution in [3.63, 3.8) is 0 Å². The van der Waals surface area contributed by atoms with E-state index in [1.807, 2.05) is 42.3 Å². The predicted molar refractivity (Wildman–Crippen MR) is 115 cm³/mol. The van der Waals surface area contributed by atoms with E-state index in [9.17, 15) is 14.4 Å². The van der Waals surface area contributed by atoms with Crippen molar-refractivity contribution in [3.8, 4) is 5.75 Å². The summed E-state index contributed by atoms with van der Waals surface area (Å²) in [6.07, 6.45) is 0. The standard InChI is InChI=1S/C11H10Cl2O4.C10H12N2O/c1-3-16-11(15)7-4-8(12)10(9(13)5-7)17-6(2)14;1-8-7-12(11-10(8)13)9-5-3-2-4-6-9/h4-5H,3H2,1-2H3;2-6,8H,7H2,1H3,(H,11,13). The van der Waals surface area contributed by atoms with E-state index in [1.54, 1.807) is 6.92 Å². The maximum atomic E-state index is 11.4. The molecule has 1 heterocycles. The molecule has 1 saturated heterocycles. The largest absolute Gasteiger partial charge is 0.462 e. The van der Waals surface area contributed by atoms with Crippen molar-refractivity contribution in [3.05, 3.63) is 58.1 Å². The van der Waals surface area contributed by atoms with Crippen LogP contribution in [0.15, 0.2) is 42.5 Å². The molecule has 0 radical (unpaired) electrons. The molecule has 30 heavy (non-hydrogen) atoms. The normalized spacial score (nSPS) is 15.0. The molecule has 2 aromatic carbocycles. The summed E-state index contributed by atoms with van der Waals surface area (Å²) in [5, 5.41) is 2.04. The van der Waals surface area contributed by atoms with Gasteiger partial charge in [-0.15, -0.1) is 0 Å². The molecule has 160 valence electrons. The molecule has 3 rings (SSSR count). The Kier molecular flexibility index (Phi) is 8.50. The van der Waals surface area contributed by atoms with Gasteiger partial charge >= 0.3 is 11.9 Å². The summed E-state index contributed by atoms with van der Waals surface area (Å²) in [6, 6.07) is 12.5. The summed E-state index contributed by atoms with van der Waals surface area (Å²) in [7, 11) is 0. The first-order valence-corrected chi connectivity index (χ1v) is 9.96. The molecule has 1 amide bonds. The molecule has 2 aromatic rings. The summed E-state index contributed by atoms with van der Waals surface area (Å²) in [4.78, 5) is 33.4. The summed E-state index contributed by atoms with van der Waals surface area (Å²) >= 11 is 11.7. The van der Waals surface area contributed by atoms with Gasteiger partial charge in [-0.2, -0.15) is 0 Å². The van der Waals surface area contributed by atoms with Crippen molar-refractivity contribution < 1.29 is 23.9 Å². The fraction of sp³-hybridized carbons (Fsp3) is 0.286. The molecule has 9 heteroatoms. The van der Waals surface area contributed by atoms with Crippen molar-refractivity contribution in [1.29, 1.82) is 0 Å². The Morgan fingerprint density at radius 2 is 1.77 bits per heavy atom. The summed E-state index contributed by atoms with van der Waals surface area (Å²) in [6.45, 7) is 5.85. The molecule has 7 nitrogen and oxygen atoms in total. The molecule has 1 atom stereocenters. The lowest BCUT2D eigenvalue weighted by molar-refractivity contribution is -0.131. The van der Waals surface area contributed by atoms with Gasteiger partial charge in [-0.1, -0.05) is 48.3 Å². The van der Waals surface area contributed by atoms with E-state index in [-0.39, 0.29) is 39.8 Å². The van der Waals surface area contributed by atoms with Gasteiger partial charge in [-0.3, -0.25) is 20.0 Å². The average Bonchev–Trinajstić information content (AvgIpc) is 3.04. The maximum absolute atomic E-state index is 11.4. The van der Waals surface area contributed by atoms with Gasteiger partial charge in [0.25, 0.3) is 0 Å². The van der Waals surface area contributed by atoms with Gasteiger partial charge in [0.1, 0.15) is 0 Å². The van der Waals surface area contributed by atoms with Crippen molar-refractivity contribution >= 4 is 46.7 Å². The molecule has 1 unspecified atom stereocenters. The van der Waals surface area contributed by atoms with Crippen molar-refractivity contribution in [2.24, 2.45) is 5.92 Å². The van der Waals surface area contributed by atoms with Crippen LogP contribution in [0, 0.1) is 5.92 Å².